The van der Waals surface area contributed by atoms with Crippen molar-refractivity contribution in [3.63, 3.8) is 0 Å². The van der Waals surface area contributed by atoms with Crippen LogP contribution in [0.4, 0.5) is 0 Å². The molecule has 0 aliphatic carbocycles. The average molecular weight is 322 g/mol. The summed E-state index contributed by atoms with van der Waals surface area (Å²) in [5, 5.41) is 0. The van der Waals surface area contributed by atoms with E-state index in [0.717, 1.165) is 0 Å². The Morgan fingerprint density at radius 3 is 1.42 bits per heavy atom. The first kappa shape index (κ1) is 15.7. The van der Waals surface area contributed by atoms with E-state index in [0.29, 0.717) is 12.1 Å². The molecule has 0 amide bonds. The van der Waals surface area contributed by atoms with E-state index >= 15 is 0 Å². The van der Waals surface area contributed by atoms with Crippen LogP contribution in [-0.4, -0.2) is 45.9 Å². The van der Waals surface area contributed by atoms with Crippen LogP contribution in [0.3, 0.4) is 0 Å². The lowest BCUT2D eigenvalue weighted by Crippen LogP contribution is -2.39. The molecule has 2 aromatic rings. The fourth-order valence-electron chi connectivity index (χ4n) is 4.33. The Bertz CT molecular complexity index is 561. The highest BCUT2D eigenvalue weighted by atomic mass is 15.3. The summed E-state index contributed by atoms with van der Waals surface area (Å²) in [5.41, 5.74) is 2.67. The molecular weight excluding hydrogens is 296 g/mol. The molecule has 0 radical (unpaired) electrons. The van der Waals surface area contributed by atoms with Crippen LogP contribution in [-0.2, 0) is 0 Å². The summed E-state index contributed by atoms with van der Waals surface area (Å²) in [6.45, 7) is 4.74. The summed E-state index contributed by atoms with van der Waals surface area (Å²) >= 11 is 0. The van der Waals surface area contributed by atoms with Crippen molar-refractivity contribution < 1.29 is 0 Å². The predicted molar refractivity (Wildman–Crippen MR) is 95.6 cm³/mol. The Morgan fingerprint density at radius 1 is 0.667 bits per heavy atom. The maximum Gasteiger partial charge on any atom is 0.0561 e. The normalized spacial score (nSPS) is 21.8. The maximum absolute atomic E-state index is 4.42. The van der Waals surface area contributed by atoms with Gasteiger partial charge in [0.25, 0.3) is 0 Å². The van der Waals surface area contributed by atoms with Crippen molar-refractivity contribution in [1.29, 1.82) is 0 Å². The summed E-state index contributed by atoms with van der Waals surface area (Å²) in [6.07, 6.45) is 13.1. The number of hydrogen-bond acceptors (Lipinski definition) is 4. The summed E-state index contributed by atoms with van der Waals surface area (Å²) in [5.74, 6) is 0. The number of likely N-dealkylation sites (tertiary alicyclic amines) is 2. The van der Waals surface area contributed by atoms with Gasteiger partial charge in [0.05, 0.1) is 12.1 Å². The molecule has 0 saturated carbocycles. The molecule has 2 fully saturated rings. The van der Waals surface area contributed by atoms with E-state index in [2.05, 4.69) is 56.4 Å². The summed E-state index contributed by atoms with van der Waals surface area (Å²) in [7, 11) is 0. The summed E-state index contributed by atoms with van der Waals surface area (Å²) in [6, 6.07) is 9.36. The lowest BCUT2D eigenvalue weighted by molar-refractivity contribution is 0.109. The predicted octanol–water partition coefficient (Wildman–Crippen LogP) is 3.45. The van der Waals surface area contributed by atoms with E-state index in [4.69, 9.17) is 0 Å². The molecule has 0 aromatic carbocycles. The molecule has 24 heavy (non-hydrogen) atoms. The summed E-state index contributed by atoms with van der Waals surface area (Å²) in [4.78, 5) is 14.2. The summed E-state index contributed by atoms with van der Waals surface area (Å²) < 4.78 is 0. The molecule has 2 atom stereocenters. The topological polar surface area (TPSA) is 32.3 Å². The molecule has 0 N–H and O–H groups in total. The molecular formula is C20H26N4. The first-order valence-electron chi connectivity index (χ1n) is 9.21. The molecule has 2 saturated heterocycles. The van der Waals surface area contributed by atoms with E-state index in [-0.39, 0.29) is 0 Å². The Morgan fingerprint density at radius 2 is 1.08 bits per heavy atom. The SMILES string of the molecule is c1cncc([C@H]([C@H](c2cccnc2)N2CCCC2)N2CCCC2)c1. The van der Waals surface area contributed by atoms with Gasteiger partial charge in [0, 0.05) is 24.8 Å². The van der Waals surface area contributed by atoms with Crippen molar-refractivity contribution in [2.75, 3.05) is 26.2 Å². The molecule has 0 bridgehead atoms. The van der Waals surface area contributed by atoms with Crippen LogP contribution < -0.4 is 0 Å². The molecule has 2 aliphatic rings. The van der Waals surface area contributed by atoms with Gasteiger partial charge < -0.3 is 0 Å². The van der Waals surface area contributed by atoms with Crippen molar-refractivity contribution in [1.82, 2.24) is 19.8 Å². The van der Waals surface area contributed by atoms with Crippen molar-refractivity contribution in [3.8, 4) is 0 Å². The van der Waals surface area contributed by atoms with Crippen LogP contribution in [0.5, 0.6) is 0 Å². The number of hydrogen-bond donors (Lipinski definition) is 0. The van der Waals surface area contributed by atoms with Crippen molar-refractivity contribution >= 4 is 0 Å². The van der Waals surface area contributed by atoms with Crippen LogP contribution in [0, 0.1) is 0 Å². The van der Waals surface area contributed by atoms with Gasteiger partial charge in [0.2, 0.25) is 0 Å². The fraction of sp³-hybridized carbons (Fsp3) is 0.500. The minimum Gasteiger partial charge on any atom is -0.294 e. The van der Waals surface area contributed by atoms with E-state index < -0.39 is 0 Å². The van der Waals surface area contributed by atoms with Crippen LogP contribution in [0.15, 0.2) is 49.1 Å². The second-order valence-electron chi connectivity index (χ2n) is 6.95. The Labute approximate surface area is 144 Å². The fourth-order valence-corrected chi connectivity index (χ4v) is 4.33. The van der Waals surface area contributed by atoms with Crippen LogP contribution in [0.1, 0.15) is 48.9 Å². The maximum atomic E-state index is 4.42. The zero-order chi connectivity index (χ0) is 16.2. The Hall–Kier alpha value is -1.78. The zero-order valence-corrected chi connectivity index (χ0v) is 14.2. The number of rotatable bonds is 5. The van der Waals surface area contributed by atoms with Gasteiger partial charge >= 0.3 is 0 Å². The number of aromatic nitrogens is 2. The Kier molecular flexibility index (Phi) is 4.86. The van der Waals surface area contributed by atoms with Gasteiger partial charge in [0.1, 0.15) is 0 Å². The Balaban J connectivity index is 1.76. The molecule has 4 nitrogen and oxygen atoms in total. The third-order valence-electron chi connectivity index (χ3n) is 5.42. The van der Waals surface area contributed by atoms with Gasteiger partial charge in [-0.1, -0.05) is 12.1 Å². The van der Waals surface area contributed by atoms with Crippen LogP contribution in [0.2, 0.25) is 0 Å². The first-order valence-corrected chi connectivity index (χ1v) is 9.21. The van der Waals surface area contributed by atoms with Gasteiger partial charge in [-0.2, -0.15) is 0 Å². The second kappa shape index (κ2) is 7.41. The first-order chi connectivity index (χ1) is 11.9. The van der Waals surface area contributed by atoms with E-state index in [9.17, 15) is 0 Å². The third-order valence-corrected chi connectivity index (χ3v) is 5.42. The highest BCUT2D eigenvalue weighted by Gasteiger charge is 2.36. The van der Waals surface area contributed by atoms with Gasteiger partial charge in [-0.15, -0.1) is 0 Å². The van der Waals surface area contributed by atoms with Gasteiger partial charge in [-0.3, -0.25) is 19.8 Å². The monoisotopic (exact) mass is 322 g/mol. The van der Waals surface area contributed by atoms with Crippen molar-refractivity contribution in [2.24, 2.45) is 0 Å². The molecule has 2 aromatic heterocycles. The molecule has 4 heterocycles. The van der Waals surface area contributed by atoms with E-state index in [1.54, 1.807) is 0 Å². The smallest absolute Gasteiger partial charge is 0.0561 e. The van der Waals surface area contributed by atoms with Crippen LogP contribution in [0.25, 0.3) is 0 Å². The average Bonchev–Trinajstić information content (AvgIpc) is 3.35. The highest BCUT2D eigenvalue weighted by molar-refractivity contribution is 5.25. The van der Waals surface area contributed by atoms with Gasteiger partial charge in [0.15, 0.2) is 0 Å². The lowest BCUT2D eigenvalue weighted by Gasteiger charge is -2.40. The largest absolute Gasteiger partial charge is 0.294 e. The molecule has 0 spiro atoms. The van der Waals surface area contributed by atoms with Crippen molar-refractivity contribution in [3.05, 3.63) is 60.2 Å². The second-order valence-corrected chi connectivity index (χ2v) is 6.95. The van der Waals surface area contributed by atoms with Crippen molar-refractivity contribution in [2.45, 2.75) is 37.8 Å². The number of nitrogens with zero attached hydrogens (tertiary/aromatic N) is 4. The highest BCUT2D eigenvalue weighted by Crippen LogP contribution is 2.41. The minimum atomic E-state index is 0.364. The molecule has 126 valence electrons. The van der Waals surface area contributed by atoms with E-state index in [1.165, 1.54) is 63.0 Å². The van der Waals surface area contributed by atoms with E-state index in [1.807, 2.05) is 12.4 Å². The molecule has 4 heteroatoms. The number of pyridine rings is 2. The molecule has 4 rings (SSSR count). The third kappa shape index (κ3) is 3.21. The standard InChI is InChI=1S/C20H26N4/c1-2-12-23(11-1)19(17-7-5-9-21-15-17)20(24-13-3-4-14-24)18-8-6-10-22-16-18/h5-10,15-16,19-20H,1-4,11-14H2/t19-,20+. The molecule has 2 aliphatic heterocycles. The van der Waals surface area contributed by atoms with Gasteiger partial charge in [-0.05, 0) is 75.1 Å². The lowest BCUT2D eigenvalue weighted by atomic mass is 9.92. The van der Waals surface area contributed by atoms with Gasteiger partial charge in [-0.25, -0.2) is 0 Å². The zero-order valence-electron chi connectivity index (χ0n) is 14.2. The molecule has 0 unspecified atom stereocenters. The minimum absolute atomic E-state index is 0.364. The quantitative estimate of drug-likeness (QED) is 0.844. The van der Waals surface area contributed by atoms with Crippen LogP contribution >= 0.6 is 0 Å².